The number of pyridine rings is 1. The van der Waals surface area contributed by atoms with E-state index in [9.17, 15) is 13.6 Å². The fraction of sp³-hybridized carbons (Fsp3) is 0.778. The molecule has 1 amide bonds. The van der Waals surface area contributed by atoms with E-state index in [0.29, 0.717) is 24.3 Å². The van der Waals surface area contributed by atoms with Crippen molar-refractivity contribution in [3.63, 3.8) is 0 Å². The molecule has 1 aromatic rings. The number of carbonyl (C=O) groups excluding carboxylic acids is 1. The zero-order valence-electron chi connectivity index (χ0n) is 23.5. The van der Waals surface area contributed by atoms with Gasteiger partial charge in [0.2, 0.25) is 5.91 Å². The molecule has 0 aromatic carbocycles. The van der Waals surface area contributed by atoms with Crippen LogP contribution in [0, 0.1) is 0 Å². The van der Waals surface area contributed by atoms with Gasteiger partial charge >= 0.3 is 0 Å². The van der Waals surface area contributed by atoms with E-state index in [1.165, 1.54) is 12.3 Å². The summed E-state index contributed by atoms with van der Waals surface area (Å²) < 4.78 is 35.3. The van der Waals surface area contributed by atoms with Gasteiger partial charge < -0.3 is 15.0 Å². The molecule has 0 saturated carbocycles. The highest BCUT2D eigenvalue weighted by Crippen LogP contribution is 2.42. The molecule has 0 spiro atoms. The van der Waals surface area contributed by atoms with E-state index in [-0.39, 0.29) is 79.0 Å². The van der Waals surface area contributed by atoms with Gasteiger partial charge in [-0.25, -0.2) is 8.78 Å². The summed E-state index contributed by atoms with van der Waals surface area (Å²) in [6, 6.07) is 1.97. The number of hydrogen-bond donors (Lipinski definition) is 1. The van der Waals surface area contributed by atoms with E-state index in [4.69, 9.17) is 4.74 Å². The summed E-state index contributed by atoms with van der Waals surface area (Å²) in [7, 11) is 0. The molecule has 0 radical (unpaired) electrons. The van der Waals surface area contributed by atoms with Crippen LogP contribution in [0.15, 0.2) is 12.3 Å². The van der Waals surface area contributed by atoms with Gasteiger partial charge in [0.15, 0.2) is 0 Å². The lowest BCUT2D eigenvalue weighted by atomic mass is 9.91. The Balaban J connectivity index is 0.00000253. The first-order valence-corrected chi connectivity index (χ1v) is 13.4. The minimum Gasteiger partial charge on any atom is -0.373 e. The first kappa shape index (κ1) is 33.1. The molecule has 0 bridgehead atoms. The molecule has 4 heterocycles. The van der Waals surface area contributed by atoms with E-state index >= 15 is 0 Å². The molecule has 1 N–H and O–H groups in total. The molecule has 2 fully saturated rings. The van der Waals surface area contributed by atoms with Crippen LogP contribution in [0.5, 0.6) is 0 Å². The van der Waals surface area contributed by atoms with E-state index < -0.39 is 5.92 Å². The van der Waals surface area contributed by atoms with Crippen molar-refractivity contribution >= 4 is 36.4 Å². The fourth-order valence-electron chi connectivity index (χ4n) is 6.01. The number of carbonyl (C=O) groups is 1. The van der Waals surface area contributed by atoms with Gasteiger partial charge in [0, 0.05) is 74.9 Å². The number of ether oxygens (including phenoxy) is 1. The second-order valence-electron chi connectivity index (χ2n) is 11.8. The largest absolute Gasteiger partial charge is 0.373 e. The predicted octanol–water partition coefficient (Wildman–Crippen LogP) is 4.21. The quantitative estimate of drug-likeness (QED) is 0.522. The predicted molar refractivity (Wildman–Crippen MR) is 152 cm³/mol. The van der Waals surface area contributed by atoms with Gasteiger partial charge in [-0.3, -0.25) is 19.6 Å². The van der Waals surface area contributed by atoms with Crippen molar-refractivity contribution in [2.24, 2.45) is 0 Å². The Hall–Kier alpha value is -1.10. The molecule has 3 aliphatic rings. The SMILES string of the molecule is CCCC(F)(F)c1cnc2c(c1)N(C(=O)CN1C[C@@H](C)NC[C@@H]1CN1C[C@@H](C)O[C@@H](C)C1)CC2(C)C.Cl.Cl. The Morgan fingerprint density at radius 3 is 2.47 bits per heavy atom. The van der Waals surface area contributed by atoms with E-state index in [0.717, 1.165) is 32.7 Å². The summed E-state index contributed by atoms with van der Waals surface area (Å²) in [6.07, 6.45) is 1.82. The monoisotopic (exact) mass is 579 g/mol. The number of amides is 1. The van der Waals surface area contributed by atoms with Gasteiger partial charge in [0.25, 0.3) is 5.92 Å². The Bertz CT molecular complexity index is 944. The lowest BCUT2D eigenvalue weighted by Gasteiger charge is -2.44. The number of halogens is 4. The second-order valence-corrected chi connectivity index (χ2v) is 11.8. The van der Waals surface area contributed by atoms with E-state index in [1.807, 2.05) is 13.8 Å². The lowest BCUT2D eigenvalue weighted by Crippen LogP contribution is -2.62. The topological polar surface area (TPSA) is 60.9 Å². The van der Waals surface area contributed by atoms with Crippen molar-refractivity contribution in [2.75, 3.05) is 50.7 Å². The van der Waals surface area contributed by atoms with Gasteiger partial charge in [0.05, 0.1) is 30.1 Å². The van der Waals surface area contributed by atoms with Crippen LogP contribution in [0.1, 0.15) is 65.6 Å². The van der Waals surface area contributed by atoms with Crippen molar-refractivity contribution in [1.82, 2.24) is 20.1 Å². The van der Waals surface area contributed by atoms with Crippen molar-refractivity contribution < 1.29 is 18.3 Å². The molecule has 2 saturated heterocycles. The molecule has 0 unspecified atom stereocenters. The number of nitrogens with zero attached hydrogens (tertiary/aromatic N) is 4. The Morgan fingerprint density at radius 2 is 1.84 bits per heavy atom. The molecule has 4 atom stereocenters. The summed E-state index contributed by atoms with van der Waals surface area (Å²) in [5.74, 6) is -3.01. The van der Waals surface area contributed by atoms with Crippen LogP contribution < -0.4 is 10.2 Å². The summed E-state index contributed by atoms with van der Waals surface area (Å²) in [5, 5.41) is 3.56. The average molecular weight is 581 g/mol. The van der Waals surface area contributed by atoms with Gasteiger partial charge in [-0.05, 0) is 26.8 Å². The second kappa shape index (κ2) is 13.0. The standard InChI is InChI=1S/C27H43F2N5O2.2ClH/c1-7-8-27(28,29)21-9-23-25(31-10-21)26(5,6)17-34(23)24(35)16-33-12-18(2)30-11-22(33)15-32-13-19(3)36-20(4)14-32;;/h9-10,18-20,22,30H,7-8,11-17H2,1-6H3;2*1H/t18-,19-,20+,22-;;/m1../s1. The maximum absolute atomic E-state index is 14.7. The van der Waals surface area contributed by atoms with Gasteiger partial charge in [-0.15, -0.1) is 24.8 Å². The number of morpholine rings is 1. The van der Waals surface area contributed by atoms with Crippen LogP contribution in [0.4, 0.5) is 14.5 Å². The number of rotatable bonds is 7. The number of piperazine rings is 1. The molecule has 3 aliphatic heterocycles. The lowest BCUT2D eigenvalue weighted by molar-refractivity contribution is -0.121. The first-order valence-electron chi connectivity index (χ1n) is 13.4. The third-order valence-corrected chi connectivity index (χ3v) is 7.67. The van der Waals surface area contributed by atoms with Gasteiger partial charge in [-0.1, -0.05) is 27.2 Å². The average Bonchev–Trinajstić information content (AvgIpc) is 3.05. The molecule has 4 rings (SSSR count). The number of nitrogens with one attached hydrogen (secondary N) is 1. The number of hydrogen-bond acceptors (Lipinski definition) is 6. The molecule has 0 aliphatic carbocycles. The third-order valence-electron chi connectivity index (χ3n) is 7.67. The third kappa shape index (κ3) is 7.34. The minimum atomic E-state index is -2.95. The smallest absolute Gasteiger partial charge is 0.274 e. The van der Waals surface area contributed by atoms with Crippen molar-refractivity contribution in [1.29, 1.82) is 0 Å². The maximum atomic E-state index is 14.7. The zero-order chi connectivity index (χ0) is 26.3. The molecular weight excluding hydrogens is 535 g/mol. The normalized spacial score (nSPS) is 27.8. The maximum Gasteiger partial charge on any atom is 0.274 e. The summed E-state index contributed by atoms with van der Waals surface area (Å²) in [5.41, 5.74) is 0.755. The molecule has 38 heavy (non-hydrogen) atoms. The molecule has 7 nitrogen and oxygen atoms in total. The Kier molecular flexibility index (Phi) is 11.4. The number of fused-ring (bicyclic) bond motifs is 1. The fourth-order valence-corrected chi connectivity index (χ4v) is 6.01. The van der Waals surface area contributed by atoms with Crippen LogP contribution in [0.25, 0.3) is 0 Å². The molecule has 218 valence electrons. The van der Waals surface area contributed by atoms with Gasteiger partial charge in [-0.2, -0.15) is 0 Å². The summed E-state index contributed by atoms with van der Waals surface area (Å²) >= 11 is 0. The van der Waals surface area contributed by atoms with Crippen LogP contribution in [-0.2, 0) is 20.9 Å². The number of aromatic nitrogens is 1. The van der Waals surface area contributed by atoms with Crippen LogP contribution in [0.2, 0.25) is 0 Å². The van der Waals surface area contributed by atoms with E-state index in [2.05, 4.69) is 40.9 Å². The van der Waals surface area contributed by atoms with Crippen molar-refractivity contribution in [2.45, 2.75) is 90.0 Å². The van der Waals surface area contributed by atoms with Crippen LogP contribution >= 0.6 is 24.8 Å². The molecular formula is C27H45Cl2F2N5O2. The summed E-state index contributed by atoms with van der Waals surface area (Å²) in [6.45, 7) is 17.0. The number of alkyl halides is 2. The number of anilines is 1. The highest BCUT2D eigenvalue weighted by Gasteiger charge is 2.42. The Morgan fingerprint density at radius 1 is 1.18 bits per heavy atom. The molecule has 11 heteroatoms. The van der Waals surface area contributed by atoms with Crippen LogP contribution in [0.3, 0.4) is 0 Å². The first-order chi connectivity index (χ1) is 16.9. The Labute approximate surface area is 238 Å². The minimum absolute atomic E-state index is 0. The highest BCUT2D eigenvalue weighted by atomic mass is 35.5. The van der Waals surface area contributed by atoms with Crippen molar-refractivity contribution in [3.05, 3.63) is 23.5 Å². The molecule has 1 aromatic heterocycles. The highest BCUT2D eigenvalue weighted by molar-refractivity contribution is 5.97. The summed E-state index contributed by atoms with van der Waals surface area (Å²) in [4.78, 5) is 24.5. The van der Waals surface area contributed by atoms with Gasteiger partial charge in [0.1, 0.15) is 0 Å². The van der Waals surface area contributed by atoms with Crippen LogP contribution in [-0.4, -0.2) is 90.8 Å². The van der Waals surface area contributed by atoms with E-state index in [1.54, 1.807) is 11.8 Å². The van der Waals surface area contributed by atoms with Crippen molar-refractivity contribution in [3.8, 4) is 0 Å². The zero-order valence-corrected chi connectivity index (χ0v) is 25.1.